The van der Waals surface area contributed by atoms with Crippen molar-refractivity contribution in [1.82, 2.24) is 10.2 Å². The van der Waals surface area contributed by atoms with Crippen LogP contribution in [0.3, 0.4) is 0 Å². The number of hydrogen-bond donors (Lipinski definition) is 0. The molecular formula is C10H12N2S2. The lowest BCUT2D eigenvalue weighted by molar-refractivity contribution is 0.985. The van der Waals surface area contributed by atoms with E-state index in [-0.39, 0.29) is 0 Å². The van der Waals surface area contributed by atoms with Crippen LogP contribution >= 0.6 is 23.1 Å². The van der Waals surface area contributed by atoms with Gasteiger partial charge in [-0.15, -0.1) is 10.2 Å². The fourth-order valence-electron chi connectivity index (χ4n) is 1.43. The van der Waals surface area contributed by atoms with E-state index in [1.54, 1.807) is 23.1 Å². The third-order valence-electron chi connectivity index (χ3n) is 2.21. The van der Waals surface area contributed by atoms with Crippen LogP contribution in [-0.4, -0.2) is 10.2 Å². The summed E-state index contributed by atoms with van der Waals surface area (Å²) in [7, 11) is 0. The van der Waals surface area contributed by atoms with Crippen molar-refractivity contribution < 1.29 is 0 Å². The molecule has 1 heterocycles. The predicted octanol–water partition coefficient (Wildman–Crippen LogP) is 3.56. The molecular weight excluding hydrogens is 212 g/mol. The molecule has 0 aliphatic heterocycles. The quantitative estimate of drug-likeness (QED) is 0.768. The molecule has 0 bridgehead atoms. The normalized spacial score (nSPS) is 16.9. The van der Waals surface area contributed by atoms with Gasteiger partial charge in [0.25, 0.3) is 0 Å². The molecule has 1 aliphatic carbocycles. The minimum Gasteiger partial charge on any atom is -0.143 e. The maximum absolute atomic E-state index is 4.10. The van der Waals surface area contributed by atoms with Crippen LogP contribution in [0.15, 0.2) is 27.0 Å². The molecule has 1 aliphatic rings. The molecule has 0 fully saturated rings. The van der Waals surface area contributed by atoms with Gasteiger partial charge in [0.15, 0.2) is 4.34 Å². The topological polar surface area (TPSA) is 25.8 Å². The molecule has 0 spiro atoms. The minimum atomic E-state index is 1.02. The average Bonchev–Trinajstić information content (AvgIpc) is 2.67. The summed E-state index contributed by atoms with van der Waals surface area (Å²) in [5, 5.41) is 9.13. The second kappa shape index (κ2) is 3.87. The van der Waals surface area contributed by atoms with Gasteiger partial charge in [0.1, 0.15) is 5.01 Å². The van der Waals surface area contributed by atoms with Crippen molar-refractivity contribution in [3.8, 4) is 0 Å². The largest absolute Gasteiger partial charge is 0.179 e. The third kappa shape index (κ3) is 1.91. The number of nitrogens with zero attached hydrogens (tertiary/aromatic N) is 2. The van der Waals surface area contributed by atoms with E-state index in [0.717, 1.165) is 22.2 Å². The van der Waals surface area contributed by atoms with Crippen LogP contribution in [0.25, 0.3) is 0 Å². The summed E-state index contributed by atoms with van der Waals surface area (Å²) in [6.45, 7) is 8.22. The number of hydrogen-bond acceptors (Lipinski definition) is 4. The number of rotatable bonds is 2. The summed E-state index contributed by atoms with van der Waals surface area (Å²) >= 11 is 3.36. The van der Waals surface area contributed by atoms with E-state index in [9.17, 15) is 0 Å². The van der Waals surface area contributed by atoms with E-state index < -0.39 is 0 Å². The Bertz CT molecular complexity index is 404. The second-order valence-electron chi connectivity index (χ2n) is 3.40. The number of aryl methyl sites for hydroxylation is 1. The molecule has 0 saturated heterocycles. The van der Waals surface area contributed by atoms with Crippen molar-refractivity contribution >= 4 is 23.1 Å². The van der Waals surface area contributed by atoms with Gasteiger partial charge < -0.3 is 0 Å². The van der Waals surface area contributed by atoms with Crippen molar-refractivity contribution in [3.63, 3.8) is 0 Å². The summed E-state index contributed by atoms with van der Waals surface area (Å²) < 4.78 is 1.03. The lowest BCUT2D eigenvalue weighted by Gasteiger charge is -2.00. The van der Waals surface area contributed by atoms with Crippen LogP contribution in [0, 0.1) is 6.92 Å². The van der Waals surface area contributed by atoms with E-state index in [1.807, 2.05) is 6.92 Å². The summed E-state index contributed by atoms with van der Waals surface area (Å²) in [4.78, 5) is 1.32. The van der Waals surface area contributed by atoms with Gasteiger partial charge in [0.05, 0.1) is 0 Å². The van der Waals surface area contributed by atoms with E-state index in [0.29, 0.717) is 0 Å². The van der Waals surface area contributed by atoms with Gasteiger partial charge in [-0.1, -0.05) is 35.3 Å². The molecule has 1 aromatic rings. The number of thioether (sulfide) groups is 1. The molecule has 0 amide bonds. The smallest absolute Gasteiger partial charge is 0.143 e. The lowest BCUT2D eigenvalue weighted by Crippen LogP contribution is -1.78. The van der Waals surface area contributed by atoms with Gasteiger partial charge in [-0.05, 0) is 32.3 Å². The molecule has 4 heteroatoms. The van der Waals surface area contributed by atoms with Gasteiger partial charge >= 0.3 is 0 Å². The SMILES string of the molecule is C=C1CCC(C)=C1Sc1nnc(C)s1. The molecule has 0 unspecified atom stereocenters. The lowest BCUT2D eigenvalue weighted by atomic mass is 10.2. The highest BCUT2D eigenvalue weighted by atomic mass is 32.2. The summed E-state index contributed by atoms with van der Waals surface area (Å²) in [5.74, 6) is 0. The minimum absolute atomic E-state index is 1.02. The van der Waals surface area contributed by atoms with Gasteiger partial charge in [-0.25, -0.2) is 0 Å². The van der Waals surface area contributed by atoms with Crippen LogP contribution in [-0.2, 0) is 0 Å². The number of allylic oxidation sites excluding steroid dienone is 2. The molecule has 0 N–H and O–H groups in total. The third-order valence-corrected chi connectivity index (χ3v) is 4.44. The predicted molar refractivity (Wildman–Crippen MR) is 61.6 cm³/mol. The van der Waals surface area contributed by atoms with E-state index in [2.05, 4.69) is 23.7 Å². The Labute approximate surface area is 92.1 Å². The van der Waals surface area contributed by atoms with Gasteiger partial charge in [-0.2, -0.15) is 0 Å². The Kier molecular flexibility index (Phi) is 2.74. The van der Waals surface area contributed by atoms with Crippen LogP contribution in [0.2, 0.25) is 0 Å². The monoisotopic (exact) mass is 224 g/mol. The molecule has 0 radical (unpaired) electrons. The molecule has 0 aromatic carbocycles. The molecule has 1 aromatic heterocycles. The van der Waals surface area contributed by atoms with Gasteiger partial charge in [-0.3, -0.25) is 0 Å². The summed E-state index contributed by atoms with van der Waals surface area (Å²) in [6.07, 6.45) is 2.25. The van der Waals surface area contributed by atoms with Crippen LogP contribution in [0.4, 0.5) is 0 Å². The van der Waals surface area contributed by atoms with Crippen molar-refractivity contribution in [2.75, 3.05) is 0 Å². The highest BCUT2D eigenvalue weighted by Gasteiger charge is 2.17. The fraction of sp³-hybridized carbons (Fsp3) is 0.400. The van der Waals surface area contributed by atoms with E-state index in [4.69, 9.17) is 0 Å². The maximum atomic E-state index is 4.10. The Hall–Kier alpha value is -0.610. The van der Waals surface area contributed by atoms with Gasteiger partial charge in [0, 0.05) is 4.91 Å². The molecule has 0 saturated carbocycles. The van der Waals surface area contributed by atoms with Crippen molar-refractivity contribution in [3.05, 3.63) is 27.6 Å². The van der Waals surface area contributed by atoms with Crippen molar-refractivity contribution in [2.45, 2.75) is 31.0 Å². The first-order chi connectivity index (χ1) is 6.66. The van der Waals surface area contributed by atoms with E-state index in [1.165, 1.54) is 16.1 Å². The van der Waals surface area contributed by atoms with Crippen molar-refractivity contribution in [1.29, 1.82) is 0 Å². The van der Waals surface area contributed by atoms with Crippen molar-refractivity contribution in [2.24, 2.45) is 0 Å². The first kappa shape index (κ1) is 9.93. The van der Waals surface area contributed by atoms with Crippen LogP contribution in [0.5, 0.6) is 0 Å². The van der Waals surface area contributed by atoms with E-state index >= 15 is 0 Å². The highest BCUT2D eigenvalue weighted by molar-refractivity contribution is 8.04. The Morgan fingerprint density at radius 1 is 1.29 bits per heavy atom. The average molecular weight is 224 g/mol. The summed E-state index contributed by atoms with van der Waals surface area (Å²) in [5.41, 5.74) is 2.69. The van der Waals surface area contributed by atoms with Crippen LogP contribution < -0.4 is 0 Å². The summed E-state index contributed by atoms with van der Waals surface area (Å²) in [6, 6.07) is 0. The molecule has 74 valence electrons. The molecule has 2 nitrogen and oxygen atoms in total. The first-order valence-electron chi connectivity index (χ1n) is 4.52. The fourth-order valence-corrected chi connectivity index (χ4v) is 3.41. The zero-order chi connectivity index (χ0) is 10.1. The molecule has 14 heavy (non-hydrogen) atoms. The Morgan fingerprint density at radius 3 is 2.57 bits per heavy atom. The zero-order valence-corrected chi connectivity index (χ0v) is 9.97. The first-order valence-corrected chi connectivity index (χ1v) is 6.16. The second-order valence-corrected chi connectivity index (χ2v) is 5.84. The Balaban J connectivity index is 2.18. The highest BCUT2D eigenvalue weighted by Crippen LogP contribution is 2.41. The standard InChI is InChI=1S/C10H12N2S2/c1-6-4-5-7(2)9(6)14-10-12-11-8(3)13-10/h1,4-5H2,2-3H3. The molecule has 2 rings (SSSR count). The Morgan fingerprint density at radius 2 is 2.07 bits per heavy atom. The molecule has 0 atom stereocenters. The maximum Gasteiger partial charge on any atom is 0.179 e. The zero-order valence-electron chi connectivity index (χ0n) is 8.33. The number of aromatic nitrogens is 2. The van der Waals surface area contributed by atoms with Gasteiger partial charge in [0.2, 0.25) is 0 Å². The van der Waals surface area contributed by atoms with Crippen LogP contribution in [0.1, 0.15) is 24.8 Å².